The molecule has 3 atom stereocenters. The Bertz CT molecular complexity index is 804. The molecule has 0 aliphatic carbocycles. The standard InChI is InChI=1S/C22H25NO4/c1-15-12-23(11-10-18(15)22(24)25)13-16-6-8-17(9-7-16)21-14-26-19-4-2-3-5-20(19)27-21/h2-9,15,18,21H,10-14H2,1H3,(H,24,25)/t15?,18?,21-/m1/s1. The molecule has 1 fully saturated rings. The first-order valence-corrected chi connectivity index (χ1v) is 9.52. The van der Waals surface area contributed by atoms with Crippen LogP contribution in [0.5, 0.6) is 11.5 Å². The number of likely N-dealkylation sites (tertiary alicyclic amines) is 1. The summed E-state index contributed by atoms with van der Waals surface area (Å²) in [6.07, 6.45) is 0.626. The van der Waals surface area contributed by atoms with Crippen molar-refractivity contribution >= 4 is 5.97 Å². The Morgan fingerprint density at radius 1 is 1.15 bits per heavy atom. The van der Waals surface area contributed by atoms with Gasteiger partial charge in [0.1, 0.15) is 6.61 Å². The maximum Gasteiger partial charge on any atom is 0.306 e. The molecule has 2 aliphatic heterocycles. The van der Waals surface area contributed by atoms with Crippen molar-refractivity contribution in [2.75, 3.05) is 19.7 Å². The zero-order valence-corrected chi connectivity index (χ0v) is 15.5. The van der Waals surface area contributed by atoms with Crippen LogP contribution in [-0.2, 0) is 11.3 Å². The summed E-state index contributed by atoms with van der Waals surface area (Å²) >= 11 is 0. The van der Waals surface area contributed by atoms with Crippen molar-refractivity contribution in [3.05, 3.63) is 59.7 Å². The number of piperidine rings is 1. The highest BCUT2D eigenvalue weighted by Crippen LogP contribution is 2.36. The first kappa shape index (κ1) is 17.9. The molecule has 2 aromatic rings. The van der Waals surface area contributed by atoms with Gasteiger partial charge in [-0.2, -0.15) is 0 Å². The highest BCUT2D eigenvalue weighted by atomic mass is 16.6. The van der Waals surface area contributed by atoms with Gasteiger partial charge in [-0.3, -0.25) is 9.69 Å². The number of rotatable bonds is 4. The van der Waals surface area contributed by atoms with E-state index in [-0.39, 0.29) is 17.9 Å². The minimum atomic E-state index is -0.664. The van der Waals surface area contributed by atoms with Crippen molar-refractivity contribution < 1.29 is 19.4 Å². The number of hydrogen-bond donors (Lipinski definition) is 1. The maximum absolute atomic E-state index is 11.3. The summed E-state index contributed by atoms with van der Waals surface area (Å²) in [7, 11) is 0. The quantitative estimate of drug-likeness (QED) is 0.892. The Balaban J connectivity index is 1.37. The van der Waals surface area contributed by atoms with E-state index in [1.165, 1.54) is 5.56 Å². The molecule has 2 aromatic carbocycles. The van der Waals surface area contributed by atoms with E-state index in [1.54, 1.807) is 0 Å². The molecule has 2 aliphatic rings. The second-order valence-corrected chi connectivity index (χ2v) is 7.55. The summed E-state index contributed by atoms with van der Waals surface area (Å²) in [4.78, 5) is 13.6. The van der Waals surface area contributed by atoms with Crippen LogP contribution in [0.25, 0.3) is 0 Å². The Kier molecular flexibility index (Phi) is 5.03. The molecule has 0 saturated carbocycles. The minimum absolute atomic E-state index is 0.0970. The van der Waals surface area contributed by atoms with E-state index in [4.69, 9.17) is 9.47 Å². The maximum atomic E-state index is 11.3. The van der Waals surface area contributed by atoms with E-state index in [2.05, 4.69) is 29.2 Å². The highest BCUT2D eigenvalue weighted by Gasteiger charge is 2.31. The third-order valence-corrected chi connectivity index (χ3v) is 5.57. The van der Waals surface area contributed by atoms with Crippen molar-refractivity contribution in [1.82, 2.24) is 4.90 Å². The summed E-state index contributed by atoms with van der Waals surface area (Å²) in [5.41, 5.74) is 2.34. The molecule has 5 heteroatoms. The number of carbonyl (C=O) groups is 1. The fourth-order valence-electron chi connectivity index (χ4n) is 4.02. The lowest BCUT2D eigenvalue weighted by molar-refractivity contribution is -0.145. The average molecular weight is 367 g/mol. The first-order chi connectivity index (χ1) is 13.1. The Morgan fingerprint density at radius 2 is 1.89 bits per heavy atom. The van der Waals surface area contributed by atoms with E-state index in [0.717, 1.165) is 43.1 Å². The van der Waals surface area contributed by atoms with Gasteiger partial charge in [0.2, 0.25) is 0 Å². The van der Waals surface area contributed by atoms with Crippen LogP contribution in [0, 0.1) is 11.8 Å². The van der Waals surface area contributed by atoms with Crippen molar-refractivity contribution in [3.8, 4) is 11.5 Å². The summed E-state index contributed by atoms with van der Waals surface area (Å²) in [5, 5.41) is 9.26. The number of carboxylic acids is 1. The molecule has 142 valence electrons. The molecule has 5 nitrogen and oxygen atoms in total. The third-order valence-electron chi connectivity index (χ3n) is 5.57. The van der Waals surface area contributed by atoms with E-state index in [0.29, 0.717) is 6.61 Å². The number of fused-ring (bicyclic) bond motifs is 1. The lowest BCUT2D eigenvalue weighted by atomic mass is 9.87. The molecule has 2 unspecified atom stereocenters. The van der Waals surface area contributed by atoms with E-state index < -0.39 is 5.97 Å². The number of carboxylic acid groups (broad SMARTS) is 1. The molecule has 0 amide bonds. The van der Waals surface area contributed by atoms with Crippen LogP contribution in [0.1, 0.15) is 30.6 Å². The number of nitrogens with zero attached hydrogens (tertiary/aromatic N) is 1. The monoisotopic (exact) mass is 367 g/mol. The molecule has 0 radical (unpaired) electrons. The van der Waals surface area contributed by atoms with Crippen molar-refractivity contribution in [2.45, 2.75) is 26.0 Å². The van der Waals surface area contributed by atoms with Crippen molar-refractivity contribution in [2.24, 2.45) is 11.8 Å². The van der Waals surface area contributed by atoms with Gasteiger partial charge in [-0.05, 0) is 42.1 Å². The van der Waals surface area contributed by atoms with E-state index in [9.17, 15) is 9.90 Å². The largest absolute Gasteiger partial charge is 0.485 e. The summed E-state index contributed by atoms with van der Waals surface area (Å²) < 4.78 is 11.9. The molecular weight excluding hydrogens is 342 g/mol. The summed E-state index contributed by atoms with van der Waals surface area (Å²) in [6.45, 7) is 5.05. The summed E-state index contributed by atoms with van der Waals surface area (Å²) in [6, 6.07) is 16.2. The number of benzene rings is 2. The second-order valence-electron chi connectivity index (χ2n) is 7.55. The Labute approximate surface area is 159 Å². The van der Waals surface area contributed by atoms with Crippen molar-refractivity contribution in [3.63, 3.8) is 0 Å². The highest BCUT2D eigenvalue weighted by molar-refractivity contribution is 5.70. The molecule has 0 aromatic heterocycles. The Morgan fingerprint density at radius 3 is 2.59 bits per heavy atom. The van der Waals surface area contributed by atoms with Gasteiger partial charge < -0.3 is 14.6 Å². The topological polar surface area (TPSA) is 59.0 Å². The molecule has 4 rings (SSSR count). The zero-order valence-electron chi connectivity index (χ0n) is 15.5. The van der Waals surface area contributed by atoms with Gasteiger partial charge >= 0.3 is 5.97 Å². The lowest BCUT2D eigenvalue weighted by Gasteiger charge is -2.35. The van der Waals surface area contributed by atoms with Gasteiger partial charge in [0, 0.05) is 13.1 Å². The average Bonchev–Trinajstić information content (AvgIpc) is 2.68. The molecule has 0 spiro atoms. The molecule has 2 heterocycles. The third kappa shape index (κ3) is 3.93. The van der Waals surface area contributed by atoms with Crippen LogP contribution in [0.4, 0.5) is 0 Å². The van der Waals surface area contributed by atoms with Gasteiger partial charge in [-0.1, -0.05) is 43.3 Å². The van der Waals surface area contributed by atoms with E-state index in [1.807, 2.05) is 31.2 Å². The summed E-state index contributed by atoms with van der Waals surface area (Å²) in [5.74, 6) is 0.887. The Hall–Kier alpha value is -2.53. The SMILES string of the molecule is CC1CN(Cc2ccc([C@H]3COc4ccccc4O3)cc2)CCC1C(=O)O. The molecule has 1 saturated heterocycles. The van der Waals surface area contributed by atoms with Crippen LogP contribution < -0.4 is 9.47 Å². The van der Waals surface area contributed by atoms with Crippen LogP contribution in [0.15, 0.2) is 48.5 Å². The predicted octanol–water partition coefficient (Wildman–Crippen LogP) is 3.74. The van der Waals surface area contributed by atoms with Crippen LogP contribution in [0.3, 0.4) is 0 Å². The lowest BCUT2D eigenvalue weighted by Crippen LogP contribution is -2.41. The number of ether oxygens (including phenoxy) is 2. The molecule has 27 heavy (non-hydrogen) atoms. The van der Waals surface area contributed by atoms with Crippen molar-refractivity contribution in [1.29, 1.82) is 0 Å². The van der Waals surface area contributed by atoms with Gasteiger partial charge in [-0.25, -0.2) is 0 Å². The molecular formula is C22H25NO4. The normalized spacial score (nSPS) is 25.1. The smallest absolute Gasteiger partial charge is 0.306 e. The van der Waals surface area contributed by atoms with Crippen LogP contribution in [-0.4, -0.2) is 35.7 Å². The van der Waals surface area contributed by atoms with Crippen LogP contribution >= 0.6 is 0 Å². The zero-order chi connectivity index (χ0) is 18.8. The van der Waals surface area contributed by atoms with E-state index >= 15 is 0 Å². The second kappa shape index (κ2) is 7.61. The number of aliphatic carboxylic acids is 1. The number of para-hydroxylation sites is 2. The van der Waals surface area contributed by atoms with Gasteiger partial charge in [0.15, 0.2) is 17.6 Å². The number of hydrogen-bond acceptors (Lipinski definition) is 4. The van der Waals surface area contributed by atoms with Gasteiger partial charge in [-0.15, -0.1) is 0 Å². The predicted molar refractivity (Wildman–Crippen MR) is 102 cm³/mol. The minimum Gasteiger partial charge on any atom is -0.485 e. The van der Waals surface area contributed by atoms with Gasteiger partial charge in [0.25, 0.3) is 0 Å². The van der Waals surface area contributed by atoms with Crippen LogP contribution in [0.2, 0.25) is 0 Å². The molecule has 1 N–H and O–H groups in total. The first-order valence-electron chi connectivity index (χ1n) is 9.52. The molecule has 0 bridgehead atoms. The fourth-order valence-corrected chi connectivity index (χ4v) is 4.02. The van der Waals surface area contributed by atoms with Gasteiger partial charge in [0.05, 0.1) is 5.92 Å². The fraction of sp³-hybridized carbons (Fsp3) is 0.409.